The maximum absolute atomic E-state index is 5.07. The van der Waals surface area contributed by atoms with Crippen molar-refractivity contribution in [2.75, 3.05) is 32.1 Å². The van der Waals surface area contributed by atoms with Crippen molar-refractivity contribution in [2.45, 2.75) is 19.4 Å². The van der Waals surface area contributed by atoms with Gasteiger partial charge in [0.05, 0.1) is 6.61 Å². The van der Waals surface area contributed by atoms with Crippen molar-refractivity contribution in [1.29, 1.82) is 0 Å². The minimum Gasteiger partial charge on any atom is -0.383 e. The molecule has 1 saturated heterocycles. The van der Waals surface area contributed by atoms with E-state index >= 15 is 0 Å². The highest BCUT2D eigenvalue weighted by Gasteiger charge is 2.29. The molecule has 0 aromatic carbocycles. The maximum atomic E-state index is 5.07. The predicted molar refractivity (Wildman–Crippen MR) is 54.8 cm³/mol. The second-order valence-corrected chi connectivity index (χ2v) is 4.16. The molecule has 3 heteroatoms. The highest BCUT2D eigenvalue weighted by Crippen LogP contribution is 2.24. The van der Waals surface area contributed by atoms with Crippen LogP contribution < -0.4 is 0 Å². The first kappa shape index (κ1) is 10.5. The quantitative estimate of drug-likeness (QED) is 0.689. The Kier molecular flexibility index (Phi) is 4.54. The van der Waals surface area contributed by atoms with Crippen LogP contribution in [0.2, 0.25) is 0 Å². The van der Waals surface area contributed by atoms with E-state index in [2.05, 4.69) is 27.8 Å². The van der Waals surface area contributed by atoms with E-state index in [1.807, 2.05) is 0 Å². The number of alkyl halides is 1. The Bertz CT molecular complexity index is 132. The molecule has 2 unspecified atom stereocenters. The van der Waals surface area contributed by atoms with Gasteiger partial charge in [0.15, 0.2) is 0 Å². The molecule has 0 bridgehead atoms. The van der Waals surface area contributed by atoms with Crippen LogP contribution in [0.15, 0.2) is 0 Å². The van der Waals surface area contributed by atoms with Gasteiger partial charge in [0.25, 0.3) is 0 Å². The summed E-state index contributed by atoms with van der Waals surface area (Å²) in [5.74, 6) is 0.834. The van der Waals surface area contributed by atoms with Gasteiger partial charge in [-0.25, -0.2) is 0 Å². The summed E-state index contributed by atoms with van der Waals surface area (Å²) in [4.78, 5) is 2.52. The van der Waals surface area contributed by atoms with Gasteiger partial charge in [-0.05, 0) is 18.9 Å². The normalized spacial score (nSPS) is 31.2. The number of ether oxygens (including phenoxy) is 1. The molecule has 12 heavy (non-hydrogen) atoms. The highest BCUT2D eigenvalue weighted by molar-refractivity contribution is 9.09. The number of rotatable bonds is 4. The van der Waals surface area contributed by atoms with E-state index in [0.717, 1.165) is 30.4 Å². The van der Waals surface area contributed by atoms with E-state index in [0.29, 0.717) is 0 Å². The van der Waals surface area contributed by atoms with Crippen molar-refractivity contribution < 1.29 is 4.74 Å². The van der Waals surface area contributed by atoms with E-state index in [-0.39, 0.29) is 0 Å². The molecule has 1 aliphatic rings. The summed E-state index contributed by atoms with van der Waals surface area (Å²) in [7, 11) is 1.77. The zero-order valence-electron chi connectivity index (χ0n) is 7.92. The van der Waals surface area contributed by atoms with Crippen LogP contribution in [-0.2, 0) is 4.74 Å². The number of hydrogen-bond donors (Lipinski definition) is 0. The van der Waals surface area contributed by atoms with E-state index in [9.17, 15) is 0 Å². The molecular formula is C9H18BrNO. The molecule has 2 nitrogen and oxygen atoms in total. The number of halogens is 1. The first-order valence-electron chi connectivity index (χ1n) is 4.58. The van der Waals surface area contributed by atoms with Gasteiger partial charge in [-0.3, -0.25) is 4.90 Å². The van der Waals surface area contributed by atoms with Crippen molar-refractivity contribution in [3.8, 4) is 0 Å². The second-order valence-electron chi connectivity index (χ2n) is 3.52. The fourth-order valence-corrected chi connectivity index (χ4v) is 2.87. The van der Waals surface area contributed by atoms with Crippen molar-refractivity contribution in [3.63, 3.8) is 0 Å². The third-order valence-electron chi connectivity index (χ3n) is 2.74. The van der Waals surface area contributed by atoms with Crippen LogP contribution >= 0.6 is 15.9 Å². The summed E-state index contributed by atoms with van der Waals surface area (Å²) in [6, 6.07) is 0.722. The molecular weight excluding hydrogens is 218 g/mol. The molecule has 1 heterocycles. The molecule has 1 fully saturated rings. The van der Waals surface area contributed by atoms with Crippen LogP contribution in [0.4, 0.5) is 0 Å². The second kappa shape index (κ2) is 5.20. The molecule has 0 saturated carbocycles. The minimum absolute atomic E-state index is 0.722. The largest absolute Gasteiger partial charge is 0.383 e. The van der Waals surface area contributed by atoms with Crippen LogP contribution in [-0.4, -0.2) is 43.1 Å². The Labute approximate surface area is 83.4 Å². The van der Waals surface area contributed by atoms with Crippen LogP contribution in [0.1, 0.15) is 13.3 Å². The zero-order chi connectivity index (χ0) is 8.97. The fourth-order valence-electron chi connectivity index (χ4n) is 1.82. The Hall–Kier alpha value is 0.400. The first-order valence-corrected chi connectivity index (χ1v) is 5.70. The molecule has 0 spiro atoms. The Morgan fingerprint density at radius 2 is 2.33 bits per heavy atom. The molecule has 0 N–H and O–H groups in total. The molecule has 2 atom stereocenters. The van der Waals surface area contributed by atoms with Gasteiger partial charge in [0.1, 0.15) is 0 Å². The number of nitrogens with zero attached hydrogens (tertiary/aromatic N) is 1. The lowest BCUT2D eigenvalue weighted by molar-refractivity contribution is 0.141. The topological polar surface area (TPSA) is 12.5 Å². The van der Waals surface area contributed by atoms with Crippen molar-refractivity contribution in [3.05, 3.63) is 0 Å². The van der Waals surface area contributed by atoms with E-state index < -0.39 is 0 Å². The predicted octanol–water partition coefficient (Wildman–Crippen LogP) is 1.74. The Morgan fingerprint density at radius 1 is 1.58 bits per heavy atom. The summed E-state index contributed by atoms with van der Waals surface area (Å²) in [5.41, 5.74) is 0. The minimum atomic E-state index is 0.722. The van der Waals surface area contributed by atoms with Crippen molar-refractivity contribution in [1.82, 2.24) is 4.90 Å². The van der Waals surface area contributed by atoms with E-state index in [1.165, 1.54) is 13.0 Å². The van der Waals surface area contributed by atoms with Gasteiger partial charge in [-0.15, -0.1) is 0 Å². The van der Waals surface area contributed by atoms with E-state index in [1.54, 1.807) is 7.11 Å². The Morgan fingerprint density at radius 3 is 2.92 bits per heavy atom. The lowest BCUT2D eigenvalue weighted by Crippen LogP contribution is -2.35. The number of hydrogen-bond acceptors (Lipinski definition) is 2. The summed E-state index contributed by atoms with van der Waals surface area (Å²) < 4.78 is 5.07. The van der Waals surface area contributed by atoms with E-state index in [4.69, 9.17) is 4.74 Å². The smallest absolute Gasteiger partial charge is 0.0589 e. The van der Waals surface area contributed by atoms with Crippen LogP contribution in [0.25, 0.3) is 0 Å². The fraction of sp³-hybridized carbons (Fsp3) is 1.00. The zero-order valence-corrected chi connectivity index (χ0v) is 9.51. The lowest BCUT2D eigenvalue weighted by atomic mass is 10.1. The summed E-state index contributed by atoms with van der Waals surface area (Å²) in [6.45, 7) is 5.51. The van der Waals surface area contributed by atoms with Gasteiger partial charge in [0.2, 0.25) is 0 Å². The SMILES string of the molecule is COCCN1CCC(C)C1CBr. The molecule has 0 radical (unpaired) electrons. The third-order valence-corrected chi connectivity index (χ3v) is 3.40. The van der Waals surface area contributed by atoms with Crippen LogP contribution in [0.3, 0.4) is 0 Å². The van der Waals surface area contributed by atoms with Crippen LogP contribution in [0.5, 0.6) is 0 Å². The van der Waals surface area contributed by atoms with Gasteiger partial charge >= 0.3 is 0 Å². The van der Waals surface area contributed by atoms with Gasteiger partial charge < -0.3 is 4.74 Å². The van der Waals surface area contributed by atoms with Gasteiger partial charge in [0, 0.05) is 25.0 Å². The molecule has 0 aliphatic carbocycles. The third kappa shape index (κ3) is 2.44. The molecule has 0 amide bonds. The monoisotopic (exact) mass is 235 g/mol. The van der Waals surface area contributed by atoms with Crippen LogP contribution in [0, 0.1) is 5.92 Å². The summed E-state index contributed by atoms with van der Waals surface area (Å²) in [6.07, 6.45) is 1.33. The molecule has 1 rings (SSSR count). The highest BCUT2D eigenvalue weighted by atomic mass is 79.9. The lowest BCUT2D eigenvalue weighted by Gasteiger charge is -2.24. The molecule has 72 valence electrons. The van der Waals surface area contributed by atoms with Crippen molar-refractivity contribution >= 4 is 15.9 Å². The molecule has 1 aliphatic heterocycles. The standard InChI is InChI=1S/C9H18BrNO/c1-8-3-4-11(5-6-12-2)9(8)7-10/h8-9H,3-7H2,1-2H3. The summed E-state index contributed by atoms with van der Waals surface area (Å²) >= 11 is 3.57. The van der Waals surface area contributed by atoms with Gasteiger partial charge in [-0.2, -0.15) is 0 Å². The Balaban J connectivity index is 2.32. The number of methoxy groups -OCH3 is 1. The van der Waals surface area contributed by atoms with Gasteiger partial charge in [-0.1, -0.05) is 22.9 Å². The maximum Gasteiger partial charge on any atom is 0.0589 e. The first-order chi connectivity index (χ1) is 5.79. The van der Waals surface area contributed by atoms with Crippen molar-refractivity contribution in [2.24, 2.45) is 5.92 Å². The number of likely N-dealkylation sites (tertiary alicyclic amines) is 1. The average molecular weight is 236 g/mol. The molecule has 0 aromatic heterocycles. The average Bonchev–Trinajstić information content (AvgIpc) is 2.43. The molecule has 0 aromatic rings. The summed E-state index contributed by atoms with van der Waals surface area (Å²) in [5, 5.41) is 1.10.